The summed E-state index contributed by atoms with van der Waals surface area (Å²) < 4.78 is 6.79. The summed E-state index contributed by atoms with van der Waals surface area (Å²) in [5.74, 6) is 0.292. The van der Waals surface area contributed by atoms with Crippen molar-refractivity contribution in [1.82, 2.24) is 10.2 Å². The first kappa shape index (κ1) is 27.9. The lowest BCUT2D eigenvalue weighted by molar-refractivity contribution is -0.143. The van der Waals surface area contributed by atoms with E-state index in [0.29, 0.717) is 18.7 Å². The lowest BCUT2D eigenvalue weighted by Crippen LogP contribution is -2.53. The molecule has 0 unspecified atom stereocenters. The van der Waals surface area contributed by atoms with Gasteiger partial charge in [0.05, 0.1) is 4.47 Å². The van der Waals surface area contributed by atoms with Gasteiger partial charge in [-0.25, -0.2) is 0 Å². The molecule has 1 aliphatic carbocycles. The number of aryl methyl sites for hydroxylation is 1. The highest BCUT2D eigenvalue weighted by Gasteiger charge is 2.32. The van der Waals surface area contributed by atoms with Gasteiger partial charge in [0.1, 0.15) is 11.8 Å². The van der Waals surface area contributed by atoms with Crippen molar-refractivity contribution in [2.45, 2.75) is 70.5 Å². The molecule has 1 atom stereocenters. The predicted molar refractivity (Wildman–Crippen MR) is 155 cm³/mol. The van der Waals surface area contributed by atoms with E-state index in [1.807, 2.05) is 78.9 Å². The molecule has 2 amide bonds. The van der Waals surface area contributed by atoms with Crippen LogP contribution in [0.3, 0.4) is 0 Å². The van der Waals surface area contributed by atoms with Crippen molar-refractivity contribution in [2.24, 2.45) is 0 Å². The first-order valence-corrected chi connectivity index (χ1v) is 14.4. The molecule has 6 heteroatoms. The summed E-state index contributed by atoms with van der Waals surface area (Å²) in [5, 5.41) is 3.27. The smallest absolute Gasteiger partial charge is 0.261 e. The number of nitrogens with zero attached hydrogens (tertiary/aromatic N) is 1. The van der Waals surface area contributed by atoms with Gasteiger partial charge >= 0.3 is 0 Å². The molecule has 1 N–H and O–H groups in total. The Kier molecular flexibility index (Phi) is 10.4. The van der Waals surface area contributed by atoms with Crippen LogP contribution in [-0.2, 0) is 29.0 Å². The minimum Gasteiger partial charge on any atom is -0.483 e. The molecule has 0 saturated heterocycles. The summed E-state index contributed by atoms with van der Waals surface area (Å²) in [4.78, 5) is 29.3. The topological polar surface area (TPSA) is 58.6 Å². The third-order valence-corrected chi connectivity index (χ3v) is 7.79. The molecule has 200 valence electrons. The van der Waals surface area contributed by atoms with Crippen LogP contribution in [-0.4, -0.2) is 35.4 Å². The zero-order valence-electron chi connectivity index (χ0n) is 22.1. The largest absolute Gasteiger partial charge is 0.483 e. The number of amides is 2. The Hall–Kier alpha value is -3.12. The Morgan fingerprint density at radius 2 is 1.58 bits per heavy atom. The summed E-state index contributed by atoms with van der Waals surface area (Å²) in [6.07, 6.45) is 6.79. The average Bonchev–Trinajstić information content (AvgIpc) is 2.95. The van der Waals surface area contributed by atoms with Crippen LogP contribution in [0.15, 0.2) is 83.3 Å². The van der Waals surface area contributed by atoms with Gasteiger partial charge in [-0.15, -0.1) is 0 Å². The molecule has 1 fully saturated rings. The first-order chi connectivity index (χ1) is 18.5. The molecule has 1 aliphatic rings. The van der Waals surface area contributed by atoms with Crippen LogP contribution in [0.5, 0.6) is 5.75 Å². The number of rotatable bonds is 11. The fourth-order valence-electron chi connectivity index (χ4n) is 4.98. The Balaban J connectivity index is 1.59. The highest BCUT2D eigenvalue weighted by molar-refractivity contribution is 9.10. The third-order valence-electron chi connectivity index (χ3n) is 7.17. The van der Waals surface area contributed by atoms with Crippen LogP contribution in [0.1, 0.15) is 55.7 Å². The second kappa shape index (κ2) is 14.1. The molecule has 38 heavy (non-hydrogen) atoms. The number of nitrogens with one attached hydrogen (secondary N) is 1. The molecule has 3 aromatic rings. The summed E-state index contributed by atoms with van der Waals surface area (Å²) in [7, 11) is 0. The lowest BCUT2D eigenvalue weighted by Gasteiger charge is -2.33. The molecule has 0 spiro atoms. The molecule has 0 radical (unpaired) electrons. The van der Waals surface area contributed by atoms with Crippen molar-refractivity contribution < 1.29 is 14.3 Å². The van der Waals surface area contributed by atoms with Gasteiger partial charge in [-0.05, 0) is 64.0 Å². The standard InChI is InChI=1S/C32H37BrN2O3/c1-2-24-18-19-30(28(33)20-24)38-23-31(36)35(22-26-14-8-4-9-15-26)29(21-25-12-6-3-7-13-25)32(37)34-27-16-10-5-11-17-27/h3-4,6-9,12-15,18-20,27,29H,2,5,10-11,16-17,21-23H2,1H3,(H,34,37)/t29-/m0/s1. The molecule has 0 aromatic heterocycles. The number of hydrogen-bond acceptors (Lipinski definition) is 3. The van der Waals surface area contributed by atoms with Gasteiger partial charge < -0.3 is 15.0 Å². The zero-order chi connectivity index (χ0) is 26.7. The maximum atomic E-state index is 13.8. The van der Waals surface area contributed by atoms with E-state index in [2.05, 4.69) is 28.2 Å². The second-order valence-electron chi connectivity index (χ2n) is 9.96. The van der Waals surface area contributed by atoms with E-state index in [1.54, 1.807) is 4.90 Å². The summed E-state index contributed by atoms with van der Waals surface area (Å²) in [5.41, 5.74) is 3.17. The molecule has 0 aliphatic heterocycles. The maximum Gasteiger partial charge on any atom is 0.261 e. The van der Waals surface area contributed by atoms with E-state index in [4.69, 9.17) is 4.74 Å². The number of carbonyl (C=O) groups is 2. The van der Waals surface area contributed by atoms with Crippen LogP contribution in [0.25, 0.3) is 0 Å². The van der Waals surface area contributed by atoms with Crippen molar-refractivity contribution in [1.29, 1.82) is 0 Å². The minimum atomic E-state index is -0.651. The molecule has 3 aromatic carbocycles. The molecule has 0 bridgehead atoms. The maximum absolute atomic E-state index is 13.8. The molecule has 4 rings (SSSR count). The van der Waals surface area contributed by atoms with E-state index in [9.17, 15) is 9.59 Å². The SMILES string of the molecule is CCc1ccc(OCC(=O)N(Cc2ccccc2)[C@@H](Cc2ccccc2)C(=O)NC2CCCCC2)c(Br)c1. The van der Waals surface area contributed by atoms with E-state index in [1.165, 1.54) is 12.0 Å². The van der Waals surface area contributed by atoms with Crippen LogP contribution in [0, 0.1) is 0 Å². The molecule has 1 saturated carbocycles. The summed E-state index contributed by atoms with van der Waals surface area (Å²) >= 11 is 3.57. The highest BCUT2D eigenvalue weighted by Crippen LogP contribution is 2.27. The second-order valence-corrected chi connectivity index (χ2v) is 10.8. The third kappa shape index (κ3) is 7.94. The van der Waals surface area contributed by atoms with Gasteiger partial charge in [-0.2, -0.15) is 0 Å². The Morgan fingerprint density at radius 3 is 2.21 bits per heavy atom. The average molecular weight is 578 g/mol. The summed E-state index contributed by atoms with van der Waals surface area (Å²) in [6, 6.07) is 25.2. The highest BCUT2D eigenvalue weighted by atomic mass is 79.9. The summed E-state index contributed by atoms with van der Waals surface area (Å²) in [6.45, 7) is 2.27. The van der Waals surface area contributed by atoms with E-state index < -0.39 is 6.04 Å². The molecule has 0 heterocycles. The first-order valence-electron chi connectivity index (χ1n) is 13.6. The van der Waals surface area contributed by atoms with E-state index in [0.717, 1.165) is 47.7 Å². The fraction of sp³-hybridized carbons (Fsp3) is 0.375. The number of ether oxygens (including phenoxy) is 1. The Bertz CT molecular complexity index is 1180. The van der Waals surface area contributed by atoms with Crippen LogP contribution in [0.4, 0.5) is 0 Å². The van der Waals surface area contributed by atoms with Crippen molar-refractivity contribution in [2.75, 3.05) is 6.61 Å². The molecular weight excluding hydrogens is 540 g/mol. The fourth-order valence-corrected chi connectivity index (χ4v) is 5.52. The van der Waals surface area contributed by atoms with Crippen LogP contribution < -0.4 is 10.1 Å². The minimum absolute atomic E-state index is 0.0986. The van der Waals surface area contributed by atoms with Gasteiger partial charge in [-0.1, -0.05) is 92.9 Å². The van der Waals surface area contributed by atoms with Crippen molar-refractivity contribution in [3.63, 3.8) is 0 Å². The molecular formula is C32H37BrN2O3. The van der Waals surface area contributed by atoms with Gasteiger partial charge in [0, 0.05) is 19.0 Å². The van der Waals surface area contributed by atoms with E-state index in [-0.39, 0.29) is 24.5 Å². The zero-order valence-corrected chi connectivity index (χ0v) is 23.7. The quantitative estimate of drug-likeness (QED) is 0.284. The monoisotopic (exact) mass is 576 g/mol. The van der Waals surface area contributed by atoms with Gasteiger partial charge in [0.25, 0.3) is 5.91 Å². The number of halogens is 1. The van der Waals surface area contributed by atoms with Crippen LogP contribution in [0.2, 0.25) is 0 Å². The number of carbonyl (C=O) groups excluding carboxylic acids is 2. The lowest BCUT2D eigenvalue weighted by atomic mass is 9.94. The van der Waals surface area contributed by atoms with Gasteiger partial charge in [-0.3, -0.25) is 9.59 Å². The number of benzene rings is 3. The van der Waals surface area contributed by atoms with Gasteiger partial charge in [0.15, 0.2) is 6.61 Å². The Morgan fingerprint density at radius 1 is 0.921 bits per heavy atom. The van der Waals surface area contributed by atoms with Crippen molar-refractivity contribution >= 4 is 27.7 Å². The number of hydrogen-bond donors (Lipinski definition) is 1. The predicted octanol–water partition coefficient (Wildman–Crippen LogP) is 6.48. The Labute approximate surface area is 234 Å². The molecule has 5 nitrogen and oxygen atoms in total. The van der Waals surface area contributed by atoms with Crippen molar-refractivity contribution in [3.8, 4) is 5.75 Å². The van der Waals surface area contributed by atoms with Gasteiger partial charge in [0.2, 0.25) is 5.91 Å². The normalized spacial score (nSPS) is 14.5. The van der Waals surface area contributed by atoms with E-state index >= 15 is 0 Å². The van der Waals surface area contributed by atoms with Crippen molar-refractivity contribution in [3.05, 3.63) is 100 Å². The van der Waals surface area contributed by atoms with Crippen LogP contribution >= 0.6 is 15.9 Å².